The maximum atomic E-state index is 12.4. The summed E-state index contributed by atoms with van der Waals surface area (Å²) in [5, 5.41) is 0. The molecular weight excluding hydrogens is 244 g/mol. The minimum Gasteiger partial charge on any atom is -0.478 e. The standard InChI is InChI=1S/C14H20N2O3/c1-9(2)13-14(17)16(8-18-3)11-5-4-10(7-15)6-12(11)19-13/h4-6,9,13H,7-8,15H2,1-3H3. The van der Waals surface area contributed by atoms with Gasteiger partial charge in [-0.1, -0.05) is 19.9 Å². The number of fused-ring (bicyclic) bond motifs is 1. The molecular formula is C14H20N2O3. The summed E-state index contributed by atoms with van der Waals surface area (Å²) in [6, 6.07) is 5.64. The number of carbonyl (C=O) groups is 1. The topological polar surface area (TPSA) is 64.8 Å². The molecule has 0 saturated heterocycles. The molecule has 5 nitrogen and oxygen atoms in total. The number of hydrogen-bond acceptors (Lipinski definition) is 4. The van der Waals surface area contributed by atoms with E-state index < -0.39 is 6.10 Å². The smallest absolute Gasteiger partial charge is 0.270 e. The Labute approximate surface area is 113 Å². The number of carbonyl (C=O) groups excluding carboxylic acids is 1. The number of nitrogens with zero attached hydrogens (tertiary/aromatic N) is 1. The molecule has 0 aliphatic carbocycles. The summed E-state index contributed by atoms with van der Waals surface area (Å²) in [5.41, 5.74) is 7.35. The monoisotopic (exact) mass is 264 g/mol. The van der Waals surface area contributed by atoms with Crippen LogP contribution < -0.4 is 15.4 Å². The van der Waals surface area contributed by atoms with Crippen molar-refractivity contribution in [1.82, 2.24) is 0 Å². The molecule has 1 aromatic rings. The average Bonchev–Trinajstić information content (AvgIpc) is 2.40. The third kappa shape index (κ3) is 2.57. The van der Waals surface area contributed by atoms with Gasteiger partial charge in [-0.15, -0.1) is 0 Å². The van der Waals surface area contributed by atoms with E-state index in [0.717, 1.165) is 11.3 Å². The fourth-order valence-corrected chi connectivity index (χ4v) is 2.15. The zero-order valence-corrected chi connectivity index (χ0v) is 11.6. The van der Waals surface area contributed by atoms with Crippen molar-refractivity contribution >= 4 is 11.6 Å². The van der Waals surface area contributed by atoms with Crippen molar-refractivity contribution in [3.63, 3.8) is 0 Å². The van der Waals surface area contributed by atoms with E-state index in [1.807, 2.05) is 32.0 Å². The Balaban J connectivity index is 2.43. The van der Waals surface area contributed by atoms with Crippen LogP contribution in [0.3, 0.4) is 0 Å². The highest BCUT2D eigenvalue weighted by atomic mass is 16.5. The minimum absolute atomic E-state index is 0.0650. The Kier molecular flexibility index (Phi) is 4.07. The summed E-state index contributed by atoms with van der Waals surface area (Å²) in [6.45, 7) is 4.60. The van der Waals surface area contributed by atoms with Crippen LogP contribution in [-0.4, -0.2) is 25.9 Å². The van der Waals surface area contributed by atoms with Gasteiger partial charge in [-0.3, -0.25) is 9.69 Å². The summed E-state index contributed by atoms with van der Waals surface area (Å²) in [7, 11) is 1.57. The number of benzene rings is 1. The molecule has 0 spiro atoms. The molecule has 0 aromatic heterocycles. The second-order valence-electron chi connectivity index (χ2n) is 4.97. The Bertz CT molecular complexity index is 474. The Morgan fingerprint density at radius 3 is 2.79 bits per heavy atom. The van der Waals surface area contributed by atoms with E-state index >= 15 is 0 Å². The molecule has 1 aliphatic rings. The molecule has 104 valence electrons. The summed E-state index contributed by atoms with van der Waals surface area (Å²) in [6.07, 6.45) is -0.476. The van der Waals surface area contributed by atoms with Crippen LogP contribution in [0, 0.1) is 5.92 Å². The van der Waals surface area contributed by atoms with E-state index in [1.165, 1.54) is 0 Å². The highest BCUT2D eigenvalue weighted by Gasteiger charge is 2.36. The Morgan fingerprint density at radius 1 is 1.47 bits per heavy atom. The van der Waals surface area contributed by atoms with Gasteiger partial charge in [0, 0.05) is 13.7 Å². The minimum atomic E-state index is -0.476. The van der Waals surface area contributed by atoms with Gasteiger partial charge in [-0.05, 0) is 23.6 Å². The number of methoxy groups -OCH3 is 1. The summed E-state index contributed by atoms with van der Waals surface area (Å²) in [4.78, 5) is 14.0. The summed E-state index contributed by atoms with van der Waals surface area (Å²) in [5.74, 6) is 0.727. The van der Waals surface area contributed by atoms with Crippen molar-refractivity contribution in [2.24, 2.45) is 11.7 Å². The van der Waals surface area contributed by atoms with Crippen molar-refractivity contribution < 1.29 is 14.3 Å². The largest absolute Gasteiger partial charge is 0.478 e. The third-order valence-corrected chi connectivity index (χ3v) is 3.18. The second kappa shape index (κ2) is 5.59. The van der Waals surface area contributed by atoms with Crippen LogP contribution in [0.1, 0.15) is 19.4 Å². The predicted octanol–water partition coefficient (Wildman–Crippen LogP) is 1.50. The van der Waals surface area contributed by atoms with E-state index in [9.17, 15) is 4.79 Å². The van der Waals surface area contributed by atoms with Crippen LogP contribution in [-0.2, 0) is 16.1 Å². The van der Waals surface area contributed by atoms with Gasteiger partial charge in [0.15, 0.2) is 6.10 Å². The molecule has 1 aromatic carbocycles. The fraction of sp³-hybridized carbons (Fsp3) is 0.500. The first-order chi connectivity index (χ1) is 9.08. The fourth-order valence-electron chi connectivity index (χ4n) is 2.15. The van der Waals surface area contributed by atoms with E-state index in [4.69, 9.17) is 15.2 Å². The molecule has 1 unspecified atom stereocenters. The van der Waals surface area contributed by atoms with Crippen LogP contribution >= 0.6 is 0 Å². The first-order valence-corrected chi connectivity index (χ1v) is 6.38. The molecule has 2 rings (SSSR count). The van der Waals surface area contributed by atoms with Crippen molar-refractivity contribution in [2.75, 3.05) is 18.7 Å². The normalized spacial score (nSPS) is 18.5. The molecule has 19 heavy (non-hydrogen) atoms. The lowest BCUT2D eigenvalue weighted by Gasteiger charge is -2.35. The van der Waals surface area contributed by atoms with Crippen LogP contribution in [0.15, 0.2) is 18.2 Å². The lowest BCUT2D eigenvalue weighted by molar-refractivity contribution is -0.129. The van der Waals surface area contributed by atoms with Gasteiger partial charge in [0.05, 0.1) is 5.69 Å². The molecule has 1 amide bonds. The van der Waals surface area contributed by atoms with Crippen LogP contribution in [0.5, 0.6) is 5.75 Å². The van der Waals surface area contributed by atoms with Gasteiger partial charge >= 0.3 is 0 Å². The van der Waals surface area contributed by atoms with Gasteiger partial charge in [-0.2, -0.15) is 0 Å². The highest BCUT2D eigenvalue weighted by Crippen LogP contribution is 2.36. The SMILES string of the molecule is COCN1C(=O)C(C(C)C)Oc2cc(CN)ccc21. The number of anilines is 1. The number of nitrogens with two attached hydrogens (primary N) is 1. The quantitative estimate of drug-likeness (QED) is 0.895. The van der Waals surface area contributed by atoms with E-state index in [1.54, 1.807) is 12.0 Å². The molecule has 0 saturated carbocycles. The molecule has 1 aliphatic heterocycles. The number of hydrogen-bond donors (Lipinski definition) is 1. The van der Waals surface area contributed by atoms with Gasteiger partial charge in [0.1, 0.15) is 12.5 Å². The lowest BCUT2D eigenvalue weighted by atomic mass is 10.0. The van der Waals surface area contributed by atoms with Crippen molar-refractivity contribution in [3.05, 3.63) is 23.8 Å². The summed E-state index contributed by atoms with van der Waals surface area (Å²) < 4.78 is 10.9. The van der Waals surface area contributed by atoms with Crippen molar-refractivity contribution in [1.29, 1.82) is 0 Å². The van der Waals surface area contributed by atoms with Crippen LogP contribution in [0.25, 0.3) is 0 Å². The molecule has 1 atom stereocenters. The highest BCUT2D eigenvalue weighted by molar-refractivity contribution is 6.00. The maximum Gasteiger partial charge on any atom is 0.270 e. The number of amides is 1. The van der Waals surface area contributed by atoms with Crippen molar-refractivity contribution in [3.8, 4) is 5.75 Å². The molecule has 2 N–H and O–H groups in total. The molecule has 5 heteroatoms. The Hall–Kier alpha value is -1.59. The molecule has 1 heterocycles. The zero-order valence-electron chi connectivity index (χ0n) is 11.6. The molecule has 0 radical (unpaired) electrons. The molecule has 0 fully saturated rings. The van der Waals surface area contributed by atoms with Gasteiger partial charge in [-0.25, -0.2) is 0 Å². The summed E-state index contributed by atoms with van der Waals surface area (Å²) >= 11 is 0. The molecule has 0 bridgehead atoms. The maximum absolute atomic E-state index is 12.4. The average molecular weight is 264 g/mol. The third-order valence-electron chi connectivity index (χ3n) is 3.18. The van der Waals surface area contributed by atoms with Crippen LogP contribution in [0.4, 0.5) is 5.69 Å². The van der Waals surface area contributed by atoms with Gasteiger partial charge in [0.25, 0.3) is 5.91 Å². The lowest BCUT2D eigenvalue weighted by Crippen LogP contribution is -2.49. The first kappa shape index (κ1) is 13.8. The van der Waals surface area contributed by atoms with Crippen molar-refractivity contribution in [2.45, 2.75) is 26.5 Å². The van der Waals surface area contributed by atoms with E-state index in [2.05, 4.69) is 0 Å². The van der Waals surface area contributed by atoms with E-state index in [-0.39, 0.29) is 18.6 Å². The zero-order chi connectivity index (χ0) is 14.0. The van der Waals surface area contributed by atoms with Crippen LogP contribution in [0.2, 0.25) is 0 Å². The predicted molar refractivity (Wildman–Crippen MR) is 72.9 cm³/mol. The first-order valence-electron chi connectivity index (χ1n) is 6.38. The van der Waals surface area contributed by atoms with E-state index in [0.29, 0.717) is 12.3 Å². The number of rotatable bonds is 4. The van der Waals surface area contributed by atoms with Gasteiger partial charge < -0.3 is 15.2 Å². The number of ether oxygens (including phenoxy) is 2. The Morgan fingerprint density at radius 2 is 2.21 bits per heavy atom. The second-order valence-corrected chi connectivity index (χ2v) is 4.97. The van der Waals surface area contributed by atoms with Gasteiger partial charge in [0.2, 0.25) is 0 Å².